The summed E-state index contributed by atoms with van der Waals surface area (Å²) in [5.41, 5.74) is 0. The van der Waals surface area contributed by atoms with Crippen molar-refractivity contribution in [1.82, 2.24) is 15.5 Å². The fraction of sp³-hybridized carbons (Fsp3) is 0.692. The third kappa shape index (κ3) is 5.36. The monoisotopic (exact) mass is 331 g/mol. The topological polar surface area (TPSA) is 27.3 Å². The summed E-state index contributed by atoms with van der Waals surface area (Å²) in [6, 6.07) is 2.19. The van der Waals surface area contributed by atoms with Crippen LogP contribution >= 0.6 is 27.3 Å². The highest BCUT2D eigenvalue weighted by atomic mass is 79.9. The van der Waals surface area contributed by atoms with Gasteiger partial charge in [0.05, 0.1) is 0 Å². The molecule has 1 saturated heterocycles. The maximum absolute atomic E-state index is 3.51. The van der Waals surface area contributed by atoms with Crippen LogP contribution in [0.15, 0.2) is 15.9 Å². The second-order valence-electron chi connectivity index (χ2n) is 4.71. The molecule has 0 unspecified atom stereocenters. The zero-order valence-corrected chi connectivity index (χ0v) is 13.2. The molecule has 0 spiro atoms. The molecule has 1 aromatic heterocycles. The standard InChI is InChI=1S/C13H22BrN3S/c14-12-9-13(18-11-12)10-16-3-1-2-6-17-7-4-15-5-8-17/h9,11,15-16H,1-8,10H2. The van der Waals surface area contributed by atoms with Gasteiger partial charge >= 0.3 is 0 Å². The molecule has 5 heteroatoms. The van der Waals surface area contributed by atoms with E-state index in [-0.39, 0.29) is 0 Å². The molecule has 0 saturated carbocycles. The molecule has 0 amide bonds. The Bertz CT molecular complexity index is 337. The Hall–Kier alpha value is 0.0600. The number of unbranched alkanes of at least 4 members (excludes halogenated alkanes) is 1. The molecule has 2 rings (SSSR count). The quantitative estimate of drug-likeness (QED) is 0.750. The largest absolute Gasteiger partial charge is 0.314 e. The second-order valence-corrected chi connectivity index (χ2v) is 6.62. The van der Waals surface area contributed by atoms with Crippen LogP contribution in [0.4, 0.5) is 0 Å². The summed E-state index contributed by atoms with van der Waals surface area (Å²) in [5.74, 6) is 0. The lowest BCUT2D eigenvalue weighted by molar-refractivity contribution is 0.236. The zero-order chi connectivity index (χ0) is 12.6. The van der Waals surface area contributed by atoms with Gasteiger partial charge in [0.1, 0.15) is 0 Å². The van der Waals surface area contributed by atoms with E-state index in [0.717, 1.165) is 26.2 Å². The van der Waals surface area contributed by atoms with Crippen LogP contribution in [-0.4, -0.2) is 44.2 Å². The van der Waals surface area contributed by atoms with E-state index in [9.17, 15) is 0 Å². The van der Waals surface area contributed by atoms with Crippen molar-refractivity contribution in [3.8, 4) is 0 Å². The van der Waals surface area contributed by atoms with Crippen molar-refractivity contribution in [3.05, 3.63) is 20.8 Å². The Morgan fingerprint density at radius 2 is 2.17 bits per heavy atom. The van der Waals surface area contributed by atoms with Crippen molar-refractivity contribution >= 4 is 27.3 Å². The van der Waals surface area contributed by atoms with Crippen molar-refractivity contribution in [1.29, 1.82) is 0 Å². The molecule has 2 N–H and O–H groups in total. The van der Waals surface area contributed by atoms with E-state index in [1.807, 2.05) is 11.3 Å². The molecule has 1 aromatic rings. The SMILES string of the molecule is Brc1csc(CNCCCCN2CCNCC2)c1. The summed E-state index contributed by atoms with van der Waals surface area (Å²) in [7, 11) is 0. The minimum Gasteiger partial charge on any atom is -0.314 e. The molecule has 0 radical (unpaired) electrons. The van der Waals surface area contributed by atoms with E-state index >= 15 is 0 Å². The van der Waals surface area contributed by atoms with E-state index in [4.69, 9.17) is 0 Å². The fourth-order valence-corrected chi connectivity index (χ4v) is 3.60. The molecular formula is C13H22BrN3S. The number of thiophene rings is 1. The van der Waals surface area contributed by atoms with Gasteiger partial charge < -0.3 is 15.5 Å². The Morgan fingerprint density at radius 3 is 2.89 bits per heavy atom. The lowest BCUT2D eigenvalue weighted by atomic mass is 10.2. The van der Waals surface area contributed by atoms with Crippen LogP contribution < -0.4 is 10.6 Å². The smallest absolute Gasteiger partial charge is 0.0300 e. The molecule has 1 aliphatic heterocycles. The van der Waals surface area contributed by atoms with Gasteiger partial charge in [0.15, 0.2) is 0 Å². The maximum Gasteiger partial charge on any atom is 0.0300 e. The van der Waals surface area contributed by atoms with Crippen LogP contribution in [0.2, 0.25) is 0 Å². The minimum absolute atomic E-state index is 1.00. The number of halogens is 1. The molecule has 0 aromatic carbocycles. The van der Waals surface area contributed by atoms with Crippen LogP contribution in [0, 0.1) is 0 Å². The minimum atomic E-state index is 1.00. The van der Waals surface area contributed by atoms with Gasteiger partial charge in [-0.05, 0) is 47.9 Å². The van der Waals surface area contributed by atoms with Crippen molar-refractivity contribution in [3.63, 3.8) is 0 Å². The summed E-state index contributed by atoms with van der Waals surface area (Å²) < 4.78 is 1.20. The van der Waals surface area contributed by atoms with Crippen molar-refractivity contribution in [2.45, 2.75) is 19.4 Å². The third-order valence-electron chi connectivity index (χ3n) is 3.21. The Kier molecular flexibility index (Phi) is 6.65. The van der Waals surface area contributed by atoms with Gasteiger partial charge in [0.2, 0.25) is 0 Å². The molecule has 18 heavy (non-hydrogen) atoms. The van der Waals surface area contributed by atoms with E-state index < -0.39 is 0 Å². The summed E-state index contributed by atoms with van der Waals surface area (Å²) >= 11 is 5.29. The van der Waals surface area contributed by atoms with E-state index in [0.29, 0.717) is 0 Å². The van der Waals surface area contributed by atoms with Crippen LogP contribution in [-0.2, 0) is 6.54 Å². The van der Waals surface area contributed by atoms with Gasteiger partial charge in [0.25, 0.3) is 0 Å². The number of nitrogens with zero attached hydrogens (tertiary/aromatic N) is 1. The number of hydrogen-bond acceptors (Lipinski definition) is 4. The summed E-state index contributed by atoms with van der Waals surface area (Å²) in [5, 5.41) is 9.04. The van der Waals surface area contributed by atoms with Gasteiger partial charge in [-0.3, -0.25) is 0 Å². The number of nitrogens with one attached hydrogen (secondary N) is 2. The van der Waals surface area contributed by atoms with Gasteiger partial charge in [-0.2, -0.15) is 0 Å². The molecule has 102 valence electrons. The first-order valence-electron chi connectivity index (χ1n) is 6.71. The normalized spacial score (nSPS) is 17.2. The lowest BCUT2D eigenvalue weighted by Gasteiger charge is -2.27. The predicted molar refractivity (Wildman–Crippen MR) is 82.3 cm³/mol. The number of piperazine rings is 1. The lowest BCUT2D eigenvalue weighted by Crippen LogP contribution is -2.43. The summed E-state index contributed by atoms with van der Waals surface area (Å²) in [6.45, 7) is 8.14. The summed E-state index contributed by atoms with van der Waals surface area (Å²) in [6.07, 6.45) is 2.58. The molecular weight excluding hydrogens is 310 g/mol. The second kappa shape index (κ2) is 8.27. The zero-order valence-electron chi connectivity index (χ0n) is 10.8. The van der Waals surface area contributed by atoms with Crippen LogP contribution in [0.5, 0.6) is 0 Å². The average Bonchev–Trinajstić information content (AvgIpc) is 2.81. The summed E-state index contributed by atoms with van der Waals surface area (Å²) in [4.78, 5) is 3.97. The number of rotatable bonds is 7. The third-order valence-corrected chi connectivity index (χ3v) is 4.91. The molecule has 2 heterocycles. The van der Waals surface area contributed by atoms with Gasteiger partial charge in [-0.25, -0.2) is 0 Å². The molecule has 1 aliphatic rings. The highest BCUT2D eigenvalue weighted by molar-refractivity contribution is 9.10. The molecule has 0 aliphatic carbocycles. The fourth-order valence-electron chi connectivity index (χ4n) is 2.18. The highest BCUT2D eigenvalue weighted by Gasteiger charge is 2.07. The van der Waals surface area contributed by atoms with Gasteiger partial charge in [-0.1, -0.05) is 0 Å². The first-order chi connectivity index (χ1) is 8.84. The van der Waals surface area contributed by atoms with Crippen molar-refractivity contribution in [2.24, 2.45) is 0 Å². The van der Waals surface area contributed by atoms with Crippen molar-refractivity contribution in [2.75, 3.05) is 39.3 Å². The maximum atomic E-state index is 3.51. The highest BCUT2D eigenvalue weighted by Crippen LogP contribution is 2.19. The first-order valence-corrected chi connectivity index (χ1v) is 8.38. The molecule has 1 fully saturated rings. The molecule has 0 bridgehead atoms. The van der Waals surface area contributed by atoms with Gasteiger partial charge in [0, 0.05) is 47.5 Å². The first kappa shape index (κ1) is 14.5. The van der Waals surface area contributed by atoms with Crippen LogP contribution in [0.1, 0.15) is 17.7 Å². The molecule has 3 nitrogen and oxygen atoms in total. The Morgan fingerprint density at radius 1 is 1.33 bits per heavy atom. The predicted octanol–water partition coefficient (Wildman–Crippen LogP) is 2.29. The Labute approximate surface area is 122 Å². The van der Waals surface area contributed by atoms with Crippen LogP contribution in [0.3, 0.4) is 0 Å². The van der Waals surface area contributed by atoms with Crippen LogP contribution in [0.25, 0.3) is 0 Å². The molecule has 0 atom stereocenters. The van der Waals surface area contributed by atoms with E-state index in [1.165, 1.54) is 41.8 Å². The van der Waals surface area contributed by atoms with E-state index in [2.05, 4.69) is 42.9 Å². The Balaban J connectivity index is 1.46. The van der Waals surface area contributed by atoms with Crippen molar-refractivity contribution < 1.29 is 0 Å². The van der Waals surface area contributed by atoms with Gasteiger partial charge in [-0.15, -0.1) is 11.3 Å². The number of hydrogen-bond donors (Lipinski definition) is 2. The average molecular weight is 332 g/mol. The van der Waals surface area contributed by atoms with E-state index in [1.54, 1.807) is 0 Å².